The SMILES string of the molecule is CNC(=O)c1cccc(CNc2cc(Cl)nc(N)n2)c1. The number of amides is 1. The van der Waals surface area contributed by atoms with Crippen LogP contribution in [0.15, 0.2) is 30.3 Å². The molecule has 0 aliphatic heterocycles. The topological polar surface area (TPSA) is 92.9 Å². The lowest BCUT2D eigenvalue weighted by Crippen LogP contribution is -2.18. The number of nitrogens with one attached hydrogen (secondary N) is 2. The van der Waals surface area contributed by atoms with Crippen LogP contribution in [-0.2, 0) is 6.54 Å². The van der Waals surface area contributed by atoms with Crippen molar-refractivity contribution in [1.82, 2.24) is 15.3 Å². The summed E-state index contributed by atoms with van der Waals surface area (Å²) < 4.78 is 0. The minimum absolute atomic E-state index is 0.110. The molecule has 1 aromatic heterocycles. The monoisotopic (exact) mass is 291 g/mol. The van der Waals surface area contributed by atoms with Crippen LogP contribution in [0.4, 0.5) is 11.8 Å². The van der Waals surface area contributed by atoms with E-state index in [-0.39, 0.29) is 17.0 Å². The zero-order valence-electron chi connectivity index (χ0n) is 10.9. The number of anilines is 2. The van der Waals surface area contributed by atoms with E-state index in [1.54, 1.807) is 25.2 Å². The fourth-order valence-electron chi connectivity index (χ4n) is 1.69. The van der Waals surface area contributed by atoms with E-state index in [1.165, 1.54) is 0 Å². The standard InChI is InChI=1S/C13H14ClN5O/c1-16-12(20)9-4-2-3-8(5-9)7-17-11-6-10(14)18-13(15)19-11/h2-6H,7H2,1H3,(H,16,20)(H3,15,17,18,19). The van der Waals surface area contributed by atoms with Gasteiger partial charge in [-0.3, -0.25) is 4.79 Å². The molecule has 1 amide bonds. The number of hydrogen-bond donors (Lipinski definition) is 3. The molecule has 6 nitrogen and oxygen atoms in total. The molecule has 7 heteroatoms. The Morgan fingerprint density at radius 3 is 2.85 bits per heavy atom. The second kappa shape index (κ2) is 6.21. The van der Waals surface area contributed by atoms with Crippen molar-refractivity contribution < 1.29 is 4.79 Å². The van der Waals surface area contributed by atoms with Gasteiger partial charge in [-0.1, -0.05) is 23.7 Å². The summed E-state index contributed by atoms with van der Waals surface area (Å²) >= 11 is 5.79. The molecule has 0 saturated heterocycles. The molecule has 2 aromatic rings. The van der Waals surface area contributed by atoms with Crippen LogP contribution >= 0.6 is 11.6 Å². The highest BCUT2D eigenvalue weighted by Crippen LogP contribution is 2.14. The number of nitrogens with two attached hydrogens (primary N) is 1. The normalized spacial score (nSPS) is 10.1. The molecular formula is C13H14ClN5O. The van der Waals surface area contributed by atoms with Crippen molar-refractivity contribution in [2.24, 2.45) is 0 Å². The third kappa shape index (κ3) is 3.58. The maximum Gasteiger partial charge on any atom is 0.251 e. The van der Waals surface area contributed by atoms with Gasteiger partial charge in [0.05, 0.1) is 0 Å². The highest BCUT2D eigenvalue weighted by atomic mass is 35.5. The second-order valence-electron chi connectivity index (χ2n) is 4.07. The van der Waals surface area contributed by atoms with Crippen LogP contribution in [0.1, 0.15) is 15.9 Å². The first kappa shape index (κ1) is 14.1. The molecule has 0 aliphatic rings. The van der Waals surface area contributed by atoms with Gasteiger partial charge in [-0.2, -0.15) is 4.98 Å². The first-order valence-corrected chi connectivity index (χ1v) is 6.31. The average Bonchev–Trinajstić information content (AvgIpc) is 2.43. The average molecular weight is 292 g/mol. The Balaban J connectivity index is 2.09. The second-order valence-corrected chi connectivity index (χ2v) is 4.45. The number of nitrogen functional groups attached to an aromatic ring is 1. The van der Waals surface area contributed by atoms with Crippen LogP contribution in [0, 0.1) is 0 Å². The fraction of sp³-hybridized carbons (Fsp3) is 0.154. The van der Waals surface area contributed by atoms with Crippen LogP contribution in [0.2, 0.25) is 5.15 Å². The van der Waals surface area contributed by atoms with Crippen LogP contribution < -0.4 is 16.4 Å². The molecule has 0 unspecified atom stereocenters. The molecule has 0 bridgehead atoms. The third-order valence-corrected chi connectivity index (χ3v) is 2.80. The van der Waals surface area contributed by atoms with Crippen molar-refractivity contribution in [3.05, 3.63) is 46.6 Å². The quantitative estimate of drug-likeness (QED) is 0.745. The number of hydrogen-bond acceptors (Lipinski definition) is 5. The Labute approximate surface area is 121 Å². The number of aromatic nitrogens is 2. The smallest absolute Gasteiger partial charge is 0.251 e. The molecule has 1 aromatic carbocycles. The van der Waals surface area contributed by atoms with Crippen molar-refractivity contribution in [2.75, 3.05) is 18.1 Å². The summed E-state index contributed by atoms with van der Waals surface area (Å²) in [6.07, 6.45) is 0. The molecule has 0 spiro atoms. The maximum absolute atomic E-state index is 11.5. The number of benzene rings is 1. The molecule has 4 N–H and O–H groups in total. The number of nitrogens with zero attached hydrogens (tertiary/aromatic N) is 2. The van der Waals surface area contributed by atoms with E-state index in [0.29, 0.717) is 17.9 Å². The van der Waals surface area contributed by atoms with Gasteiger partial charge in [-0.25, -0.2) is 4.98 Å². The summed E-state index contributed by atoms with van der Waals surface area (Å²) in [4.78, 5) is 19.3. The van der Waals surface area contributed by atoms with Crippen LogP contribution in [0.3, 0.4) is 0 Å². The van der Waals surface area contributed by atoms with E-state index in [2.05, 4.69) is 20.6 Å². The lowest BCUT2D eigenvalue weighted by atomic mass is 10.1. The van der Waals surface area contributed by atoms with Gasteiger partial charge in [-0.05, 0) is 17.7 Å². The zero-order chi connectivity index (χ0) is 14.5. The van der Waals surface area contributed by atoms with Crippen LogP contribution in [-0.4, -0.2) is 22.9 Å². The molecule has 0 atom stereocenters. The largest absolute Gasteiger partial charge is 0.368 e. The van der Waals surface area contributed by atoms with Gasteiger partial charge in [0, 0.05) is 25.2 Å². The Kier molecular flexibility index (Phi) is 4.37. The van der Waals surface area contributed by atoms with E-state index in [9.17, 15) is 4.79 Å². The van der Waals surface area contributed by atoms with Gasteiger partial charge >= 0.3 is 0 Å². The van der Waals surface area contributed by atoms with Gasteiger partial charge in [-0.15, -0.1) is 0 Å². The highest BCUT2D eigenvalue weighted by molar-refractivity contribution is 6.29. The van der Waals surface area contributed by atoms with E-state index in [4.69, 9.17) is 17.3 Å². The van der Waals surface area contributed by atoms with Crippen molar-refractivity contribution in [1.29, 1.82) is 0 Å². The molecule has 1 heterocycles. The molecule has 20 heavy (non-hydrogen) atoms. The molecule has 0 fully saturated rings. The van der Waals surface area contributed by atoms with E-state index < -0.39 is 0 Å². The molecular weight excluding hydrogens is 278 g/mol. The van der Waals surface area contributed by atoms with Gasteiger partial charge in [0.2, 0.25) is 5.95 Å². The Morgan fingerprint density at radius 1 is 1.35 bits per heavy atom. The van der Waals surface area contributed by atoms with Gasteiger partial charge < -0.3 is 16.4 Å². The summed E-state index contributed by atoms with van der Waals surface area (Å²) in [5.74, 6) is 0.521. The van der Waals surface area contributed by atoms with Gasteiger partial charge in [0.15, 0.2) is 0 Å². The maximum atomic E-state index is 11.5. The molecule has 0 aliphatic carbocycles. The van der Waals surface area contributed by atoms with E-state index >= 15 is 0 Å². The Bertz CT molecular complexity index is 612. The van der Waals surface area contributed by atoms with Crippen LogP contribution in [0.25, 0.3) is 0 Å². The van der Waals surface area contributed by atoms with E-state index in [1.807, 2.05) is 12.1 Å². The molecule has 0 saturated carbocycles. The minimum Gasteiger partial charge on any atom is -0.368 e. The molecule has 2 rings (SSSR count). The first-order valence-electron chi connectivity index (χ1n) is 5.93. The fourth-order valence-corrected chi connectivity index (χ4v) is 1.88. The van der Waals surface area contributed by atoms with Crippen molar-refractivity contribution in [3.63, 3.8) is 0 Å². The molecule has 104 valence electrons. The number of carbonyl (C=O) groups is 1. The summed E-state index contributed by atoms with van der Waals surface area (Å²) in [5.41, 5.74) is 7.06. The predicted molar refractivity (Wildman–Crippen MR) is 78.6 cm³/mol. The Morgan fingerprint density at radius 2 is 2.15 bits per heavy atom. The van der Waals surface area contributed by atoms with Gasteiger partial charge in [0.25, 0.3) is 5.91 Å². The summed E-state index contributed by atoms with van der Waals surface area (Å²) in [5, 5.41) is 5.94. The number of rotatable bonds is 4. The lowest BCUT2D eigenvalue weighted by molar-refractivity contribution is 0.0963. The van der Waals surface area contributed by atoms with Crippen molar-refractivity contribution >= 4 is 29.3 Å². The third-order valence-electron chi connectivity index (χ3n) is 2.60. The zero-order valence-corrected chi connectivity index (χ0v) is 11.6. The first-order chi connectivity index (χ1) is 9.58. The summed E-state index contributed by atoms with van der Waals surface area (Å²) in [6.45, 7) is 0.498. The van der Waals surface area contributed by atoms with E-state index in [0.717, 1.165) is 5.56 Å². The summed E-state index contributed by atoms with van der Waals surface area (Å²) in [7, 11) is 1.60. The summed E-state index contributed by atoms with van der Waals surface area (Å²) in [6, 6.07) is 8.87. The van der Waals surface area contributed by atoms with Crippen molar-refractivity contribution in [2.45, 2.75) is 6.54 Å². The highest BCUT2D eigenvalue weighted by Gasteiger charge is 2.04. The van der Waals surface area contributed by atoms with Crippen molar-refractivity contribution in [3.8, 4) is 0 Å². The number of halogens is 1. The van der Waals surface area contributed by atoms with Gasteiger partial charge in [0.1, 0.15) is 11.0 Å². The minimum atomic E-state index is -0.124. The predicted octanol–water partition coefficient (Wildman–Crippen LogP) is 1.68. The lowest BCUT2D eigenvalue weighted by Gasteiger charge is -2.08. The molecule has 0 radical (unpaired) electrons. The number of carbonyl (C=O) groups excluding carboxylic acids is 1. The Hall–Kier alpha value is -2.34. The van der Waals surface area contributed by atoms with Crippen LogP contribution in [0.5, 0.6) is 0 Å².